The van der Waals surface area contributed by atoms with Crippen molar-refractivity contribution < 1.29 is 18.8 Å². The number of halogens is 2. The molecule has 0 atom stereocenters. The predicted octanol–water partition coefficient (Wildman–Crippen LogP) is 2.43. The molecule has 2 aromatic carbocycles. The summed E-state index contributed by atoms with van der Waals surface area (Å²) >= 11 is 5.84. The van der Waals surface area contributed by atoms with Crippen molar-refractivity contribution in [3.8, 4) is 0 Å². The lowest BCUT2D eigenvalue weighted by Crippen LogP contribution is -2.40. The van der Waals surface area contributed by atoms with E-state index in [0.29, 0.717) is 17.0 Å². The minimum Gasteiger partial charge on any atom is -0.354 e. The average molecular weight is 361 g/mol. The number of benzene rings is 2. The Balaban J connectivity index is 1.58. The third kappa shape index (κ3) is 3.53. The molecule has 1 aliphatic heterocycles. The molecule has 0 aliphatic carbocycles. The summed E-state index contributed by atoms with van der Waals surface area (Å²) in [6.45, 7) is -0.185. The van der Waals surface area contributed by atoms with Crippen molar-refractivity contribution in [2.75, 3.05) is 13.1 Å². The van der Waals surface area contributed by atoms with E-state index in [-0.39, 0.29) is 30.0 Å². The Labute approximate surface area is 148 Å². The molecule has 0 radical (unpaired) electrons. The Kier molecular flexibility index (Phi) is 4.81. The zero-order valence-electron chi connectivity index (χ0n) is 13.1. The Morgan fingerprint density at radius 3 is 2.56 bits per heavy atom. The van der Waals surface area contributed by atoms with E-state index in [1.54, 1.807) is 18.2 Å². The van der Waals surface area contributed by atoms with Crippen molar-refractivity contribution in [3.05, 3.63) is 70.0 Å². The normalized spacial score (nSPS) is 13.1. The molecule has 1 N–H and O–H groups in total. The smallest absolute Gasteiger partial charge is 0.262 e. The van der Waals surface area contributed by atoms with Gasteiger partial charge in [0.25, 0.3) is 11.8 Å². The summed E-state index contributed by atoms with van der Waals surface area (Å²) in [5, 5.41) is 2.93. The van der Waals surface area contributed by atoms with E-state index in [1.807, 2.05) is 0 Å². The van der Waals surface area contributed by atoms with Crippen molar-refractivity contribution in [2.45, 2.75) is 6.42 Å². The Bertz CT molecular complexity index is 869. The van der Waals surface area contributed by atoms with Crippen LogP contribution in [0.5, 0.6) is 0 Å². The van der Waals surface area contributed by atoms with Gasteiger partial charge in [-0.15, -0.1) is 0 Å². The van der Waals surface area contributed by atoms with E-state index in [4.69, 9.17) is 11.6 Å². The van der Waals surface area contributed by atoms with Crippen LogP contribution in [0.4, 0.5) is 4.39 Å². The number of carbonyl (C=O) groups is 3. The van der Waals surface area contributed by atoms with Gasteiger partial charge in [-0.25, -0.2) is 4.39 Å². The van der Waals surface area contributed by atoms with Gasteiger partial charge in [0.1, 0.15) is 12.4 Å². The molecule has 128 valence electrons. The minimum absolute atomic E-state index is 0.191. The first-order valence-corrected chi connectivity index (χ1v) is 8.01. The maximum atomic E-state index is 13.5. The second kappa shape index (κ2) is 7.03. The largest absolute Gasteiger partial charge is 0.354 e. The van der Waals surface area contributed by atoms with Gasteiger partial charge in [0.2, 0.25) is 5.91 Å². The quantitative estimate of drug-likeness (QED) is 0.833. The van der Waals surface area contributed by atoms with Crippen LogP contribution in [0, 0.1) is 5.82 Å². The second-order valence-corrected chi connectivity index (χ2v) is 6.01. The van der Waals surface area contributed by atoms with Crippen LogP contribution in [0.1, 0.15) is 26.3 Å². The summed E-state index contributed by atoms with van der Waals surface area (Å²) in [4.78, 5) is 37.4. The highest BCUT2D eigenvalue weighted by molar-refractivity contribution is 6.32. The molecule has 0 unspecified atom stereocenters. The summed E-state index contributed by atoms with van der Waals surface area (Å²) in [5.41, 5.74) is 0.906. The van der Waals surface area contributed by atoms with Gasteiger partial charge < -0.3 is 5.32 Å². The number of imide groups is 1. The fourth-order valence-electron chi connectivity index (χ4n) is 2.64. The molecule has 0 fully saturated rings. The number of amides is 3. The number of carbonyl (C=O) groups excluding carboxylic acids is 3. The predicted molar refractivity (Wildman–Crippen MR) is 89.9 cm³/mol. The number of hydrogen-bond donors (Lipinski definition) is 1. The van der Waals surface area contributed by atoms with Crippen molar-refractivity contribution in [3.63, 3.8) is 0 Å². The molecule has 0 aromatic heterocycles. The van der Waals surface area contributed by atoms with Crippen LogP contribution in [0.3, 0.4) is 0 Å². The maximum absolute atomic E-state index is 13.5. The van der Waals surface area contributed by atoms with Crippen molar-refractivity contribution >= 4 is 29.3 Å². The van der Waals surface area contributed by atoms with Crippen LogP contribution < -0.4 is 5.32 Å². The first-order valence-electron chi connectivity index (χ1n) is 7.63. The van der Waals surface area contributed by atoms with Crippen molar-refractivity contribution in [1.29, 1.82) is 0 Å². The second-order valence-electron chi connectivity index (χ2n) is 5.58. The number of nitrogens with one attached hydrogen (secondary N) is 1. The molecule has 0 saturated heterocycles. The fraction of sp³-hybridized carbons (Fsp3) is 0.167. The van der Waals surface area contributed by atoms with Crippen LogP contribution in [0.15, 0.2) is 42.5 Å². The summed E-state index contributed by atoms with van der Waals surface area (Å²) < 4.78 is 13.5. The fourth-order valence-corrected chi connectivity index (χ4v) is 2.82. The van der Waals surface area contributed by atoms with Gasteiger partial charge in [-0.1, -0.05) is 29.8 Å². The zero-order valence-corrected chi connectivity index (χ0v) is 13.8. The molecule has 7 heteroatoms. The first kappa shape index (κ1) is 17.1. The van der Waals surface area contributed by atoms with Gasteiger partial charge in [-0.2, -0.15) is 0 Å². The third-order valence-corrected chi connectivity index (χ3v) is 4.14. The minimum atomic E-state index is -0.549. The average Bonchev–Trinajstić information content (AvgIpc) is 2.81. The van der Waals surface area contributed by atoms with E-state index >= 15 is 0 Å². The van der Waals surface area contributed by atoms with E-state index in [9.17, 15) is 18.8 Å². The lowest BCUT2D eigenvalue weighted by atomic mass is 10.1. The number of rotatable bonds is 5. The number of hydrogen-bond acceptors (Lipinski definition) is 3. The first-order chi connectivity index (χ1) is 12.0. The lowest BCUT2D eigenvalue weighted by molar-refractivity contribution is -0.121. The highest BCUT2D eigenvalue weighted by Gasteiger charge is 2.36. The van der Waals surface area contributed by atoms with Gasteiger partial charge in [-0.05, 0) is 36.2 Å². The number of fused-ring (bicyclic) bond motifs is 1. The van der Waals surface area contributed by atoms with E-state index in [0.717, 1.165) is 4.90 Å². The van der Waals surface area contributed by atoms with Crippen molar-refractivity contribution in [2.24, 2.45) is 0 Å². The van der Waals surface area contributed by atoms with Gasteiger partial charge in [0.05, 0.1) is 11.1 Å². The van der Waals surface area contributed by atoms with Crippen LogP contribution >= 0.6 is 11.6 Å². The molecule has 3 amide bonds. The maximum Gasteiger partial charge on any atom is 0.262 e. The highest BCUT2D eigenvalue weighted by Crippen LogP contribution is 2.25. The molecule has 0 saturated carbocycles. The van der Waals surface area contributed by atoms with Gasteiger partial charge in [0.15, 0.2) is 0 Å². The zero-order chi connectivity index (χ0) is 18.0. The molecule has 1 heterocycles. The molecule has 25 heavy (non-hydrogen) atoms. The topological polar surface area (TPSA) is 66.5 Å². The number of nitrogens with zero attached hydrogens (tertiary/aromatic N) is 1. The molecule has 5 nitrogen and oxygen atoms in total. The molecule has 0 bridgehead atoms. The Hall–Kier alpha value is -2.73. The standard InChI is InChI=1S/C18H14ClFN2O3/c19-12-5-6-13-14(9-12)18(25)22(17(13)24)10-16(23)21-8-7-11-3-1-2-4-15(11)20/h1-6,9H,7-8,10H2,(H,21,23). The Morgan fingerprint density at radius 1 is 1.08 bits per heavy atom. The molecular weight excluding hydrogens is 347 g/mol. The lowest BCUT2D eigenvalue weighted by Gasteiger charge is -2.13. The molecule has 1 aliphatic rings. The van der Waals surface area contributed by atoms with Gasteiger partial charge in [0, 0.05) is 11.6 Å². The van der Waals surface area contributed by atoms with Gasteiger partial charge >= 0.3 is 0 Å². The Morgan fingerprint density at radius 2 is 1.80 bits per heavy atom. The third-order valence-electron chi connectivity index (χ3n) is 3.91. The highest BCUT2D eigenvalue weighted by atomic mass is 35.5. The molecule has 2 aromatic rings. The van der Waals surface area contributed by atoms with E-state index < -0.39 is 17.7 Å². The summed E-state index contributed by atoms with van der Waals surface area (Å²) in [5.74, 6) is -1.90. The molecular formula is C18H14ClFN2O3. The monoisotopic (exact) mass is 360 g/mol. The summed E-state index contributed by atoms with van der Waals surface area (Å²) in [6, 6.07) is 10.7. The summed E-state index contributed by atoms with van der Waals surface area (Å²) in [7, 11) is 0. The molecule has 3 rings (SSSR count). The van der Waals surface area contributed by atoms with E-state index in [1.165, 1.54) is 24.3 Å². The van der Waals surface area contributed by atoms with Crippen LogP contribution in [0.2, 0.25) is 5.02 Å². The van der Waals surface area contributed by atoms with E-state index in [2.05, 4.69) is 5.32 Å². The summed E-state index contributed by atoms with van der Waals surface area (Å²) in [6.07, 6.45) is 0.316. The van der Waals surface area contributed by atoms with Crippen LogP contribution in [-0.4, -0.2) is 35.7 Å². The van der Waals surface area contributed by atoms with Gasteiger partial charge in [-0.3, -0.25) is 19.3 Å². The van der Waals surface area contributed by atoms with Crippen molar-refractivity contribution in [1.82, 2.24) is 10.2 Å². The van der Waals surface area contributed by atoms with Crippen LogP contribution in [-0.2, 0) is 11.2 Å². The molecule has 0 spiro atoms. The SMILES string of the molecule is O=C(CN1C(=O)c2ccc(Cl)cc2C1=O)NCCc1ccccc1F. The van der Waals surface area contributed by atoms with Crippen LogP contribution in [0.25, 0.3) is 0 Å².